The number of carbonyl (C=O) groups excluding carboxylic acids is 2. The second-order valence-corrected chi connectivity index (χ2v) is 4.68. The van der Waals surface area contributed by atoms with Crippen LogP contribution in [-0.4, -0.2) is 18.4 Å². The van der Waals surface area contributed by atoms with Gasteiger partial charge in [-0.3, -0.25) is 9.59 Å². The Hall–Kier alpha value is -2.82. The van der Waals surface area contributed by atoms with Crippen molar-refractivity contribution in [1.29, 1.82) is 0 Å². The quantitative estimate of drug-likeness (QED) is 0.857. The fraction of sp³-hybridized carbons (Fsp3) is 0.176. The van der Waals surface area contributed by atoms with Crippen LogP contribution in [0.5, 0.6) is 5.75 Å². The third kappa shape index (κ3) is 3.85. The summed E-state index contributed by atoms with van der Waals surface area (Å²) in [5.41, 5.74) is 6.94. The van der Waals surface area contributed by atoms with E-state index in [2.05, 4.69) is 5.32 Å². The molecule has 5 nitrogen and oxygen atoms in total. The number of nitrogens with two attached hydrogens (primary N) is 1. The van der Waals surface area contributed by atoms with Crippen LogP contribution < -0.4 is 15.8 Å². The van der Waals surface area contributed by atoms with Gasteiger partial charge in [-0.25, -0.2) is 0 Å². The van der Waals surface area contributed by atoms with Gasteiger partial charge < -0.3 is 15.8 Å². The van der Waals surface area contributed by atoms with Crippen LogP contribution in [0, 0.1) is 0 Å². The van der Waals surface area contributed by atoms with Gasteiger partial charge in [0.1, 0.15) is 5.75 Å². The first-order valence-electron chi connectivity index (χ1n) is 7.00. The van der Waals surface area contributed by atoms with E-state index in [4.69, 9.17) is 10.5 Å². The Labute approximate surface area is 129 Å². The summed E-state index contributed by atoms with van der Waals surface area (Å²) in [5, 5.41) is 2.81. The van der Waals surface area contributed by atoms with E-state index >= 15 is 0 Å². The largest absolute Gasteiger partial charge is 0.493 e. The summed E-state index contributed by atoms with van der Waals surface area (Å²) < 4.78 is 5.44. The van der Waals surface area contributed by atoms with Gasteiger partial charge in [-0.15, -0.1) is 0 Å². The van der Waals surface area contributed by atoms with Crippen molar-refractivity contribution in [3.63, 3.8) is 0 Å². The number of nitrogens with one attached hydrogen (secondary N) is 1. The second-order valence-electron chi connectivity index (χ2n) is 4.68. The highest BCUT2D eigenvalue weighted by atomic mass is 16.5. The molecule has 22 heavy (non-hydrogen) atoms. The molecule has 0 aliphatic heterocycles. The van der Waals surface area contributed by atoms with E-state index < -0.39 is 5.91 Å². The number of rotatable bonds is 6. The molecule has 0 saturated heterocycles. The first-order valence-corrected chi connectivity index (χ1v) is 7.00. The van der Waals surface area contributed by atoms with Crippen molar-refractivity contribution in [1.82, 2.24) is 5.32 Å². The topological polar surface area (TPSA) is 81.4 Å². The lowest BCUT2D eigenvalue weighted by atomic mass is 10.1. The van der Waals surface area contributed by atoms with E-state index in [9.17, 15) is 9.59 Å². The van der Waals surface area contributed by atoms with Gasteiger partial charge in [-0.1, -0.05) is 24.3 Å². The Morgan fingerprint density at radius 3 is 2.64 bits per heavy atom. The molecule has 3 N–H and O–H groups in total. The number of amides is 2. The van der Waals surface area contributed by atoms with Crippen molar-refractivity contribution < 1.29 is 14.3 Å². The Morgan fingerprint density at radius 2 is 1.91 bits per heavy atom. The Kier molecular flexibility index (Phi) is 5.14. The molecule has 0 atom stereocenters. The van der Waals surface area contributed by atoms with Crippen LogP contribution >= 0.6 is 0 Å². The van der Waals surface area contributed by atoms with E-state index in [-0.39, 0.29) is 5.91 Å². The molecule has 5 heteroatoms. The Morgan fingerprint density at radius 1 is 1.14 bits per heavy atom. The highest BCUT2D eigenvalue weighted by Gasteiger charge is 2.11. The maximum absolute atomic E-state index is 12.2. The fourth-order valence-corrected chi connectivity index (χ4v) is 2.05. The molecule has 0 radical (unpaired) electrons. The van der Waals surface area contributed by atoms with E-state index in [1.54, 1.807) is 36.4 Å². The number of ether oxygens (including phenoxy) is 1. The average molecular weight is 298 g/mol. The molecular weight excluding hydrogens is 280 g/mol. The van der Waals surface area contributed by atoms with Gasteiger partial charge in [-0.05, 0) is 36.8 Å². The summed E-state index contributed by atoms with van der Waals surface area (Å²) >= 11 is 0. The van der Waals surface area contributed by atoms with Crippen molar-refractivity contribution in [3.05, 3.63) is 65.2 Å². The van der Waals surface area contributed by atoms with E-state index in [1.165, 1.54) is 0 Å². The van der Waals surface area contributed by atoms with Gasteiger partial charge in [0, 0.05) is 12.1 Å². The van der Waals surface area contributed by atoms with E-state index in [0.717, 1.165) is 5.56 Å². The molecule has 0 saturated carbocycles. The molecule has 2 amide bonds. The lowest BCUT2D eigenvalue weighted by Gasteiger charge is -2.10. The summed E-state index contributed by atoms with van der Waals surface area (Å²) in [6, 6.07) is 13.9. The molecule has 2 aromatic carbocycles. The molecule has 0 aliphatic carbocycles. The van der Waals surface area contributed by atoms with Gasteiger partial charge >= 0.3 is 0 Å². The third-order valence-electron chi connectivity index (χ3n) is 3.10. The van der Waals surface area contributed by atoms with Crippen LogP contribution in [0.15, 0.2) is 48.5 Å². The van der Waals surface area contributed by atoms with Gasteiger partial charge in [0.15, 0.2) is 0 Å². The Balaban J connectivity index is 2.07. The summed E-state index contributed by atoms with van der Waals surface area (Å²) in [5.74, 6) is -0.170. The summed E-state index contributed by atoms with van der Waals surface area (Å²) in [6.45, 7) is 2.66. The third-order valence-corrected chi connectivity index (χ3v) is 3.10. The van der Waals surface area contributed by atoms with Crippen LogP contribution in [-0.2, 0) is 6.54 Å². The standard InChI is InChI=1S/C17H18N2O3/c1-2-22-15-9-4-3-8-14(15)17(21)19-11-12-6-5-7-13(10-12)16(18)20/h3-10H,2,11H2,1H3,(H2,18,20)(H,19,21). The normalized spacial score (nSPS) is 10.0. The molecule has 0 spiro atoms. The molecule has 0 heterocycles. The van der Waals surface area contributed by atoms with Gasteiger partial charge in [0.25, 0.3) is 5.91 Å². The zero-order chi connectivity index (χ0) is 15.9. The van der Waals surface area contributed by atoms with Crippen molar-refractivity contribution in [2.45, 2.75) is 13.5 Å². The molecular formula is C17H18N2O3. The number of primary amides is 1. The van der Waals surface area contributed by atoms with Crippen molar-refractivity contribution >= 4 is 11.8 Å². The lowest BCUT2D eigenvalue weighted by Crippen LogP contribution is -2.23. The number of hydrogen-bond donors (Lipinski definition) is 2. The van der Waals surface area contributed by atoms with E-state index in [0.29, 0.717) is 30.0 Å². The summed E-state index contributed by atoms with van der Waals surface area (Å²) in [7, 11) is 0. The van der Waals surface area contributed by atoms with Gasteiger partial charge in [-0.2, -0.15) is 0 Å². The van der Waals surface area contributed by atoms with Crippen LogP contribution in [0.4, 0.5) is 0 Å². The first kappa shape index (κ1) is 15.6. The molecule has 114 valence electrons. The average Bonchev–Trinajstić information content (AvgIpc) is 2.53. The van der Waals surface area contributed by atoms with Gasteiger partial charge in [0.2, 0.25) is 5.91 Å². The molecule has 0 fully saturated rings. The Bertz CT molecular complexity index is 683. The molecule has 2 rings (SSSR count). The fourth-order valence-electron chi connectivity index (χ4n) is 2.05. The molecule has 0 aromatic heterocycles. The summed E-state index contributed by atoms with van der Waals surface area (Å²) in [4.78, 5) is 23.4. The first-order chi connectivity index (χ1) is 10.6. The minimum absolute atomic E-state index is 0.228. The predicted octanol–water partition coefficient (Wildman–Crippen LogP) is 2.11. The molecule has 0 aliphatic rings. The highest BCUT2D eigenvalue weighted by Crippen LogP contribution is 2.17. The smallest absolute Gasteiger partial charge is 0.255 e. The van der Waals surface area contributed by atoms with Crippen molar-refractivity contribution in [3.8, 4) is 5.75 Å². The maximum atomic E-state index is 12.2. The minimum atomic E-state index is -0.491. The number of benzene rings is 2. The van der Waals surface area contributed by atoms with Crippen molar-refractivity contribution in [2.75, 3.05) is 6.61 Å². The molecule has 0 unspecified atom stereocenters. The number of carbonyl (C=O) groups is 2. The predicted molar refractivity (Wildman–Crippen MR) is 83.7 cm³/mol. The monoisotopic (exact) mass is 298 g/mol. The SMILES string of the molecule is CCOc1ccccc1C(=O)NCc1cccc(C(N)=O)c1. The maximum Gasteiger partial charge on any atom is 0.255 e. The lowest BCUT2D eigenvalue weighted by molar-refractivity contribution is 0.0946. The minimum Gasteiger partial charge on any atom is -0.493 e. The molecule has 0 bridgehead atoms. The summed E-state index contributed by atoms with van der Waals surface area (Å²) in [6.07, 6.45) is 0. The zero-order valence-electron chi connectivity index (χ0n) is 12.3. The van der Waals surface area contributed by atoms with Crippen LogP contribution in [0.1, 0.15) is 33.2 Å². The van der Waals surface area contributed by atoms with Crippen LogP contribution in [0.3, 0.4) is 0 Å². The van der Waals surface area contributed by atoms with Gasteiger partial charge in [0.05, 0.1) is 12.2 Å². The molecule has 2 aromatic rings. The van der Waals surface area contributed by atoms with Crippen molar-refractivity contribution in [2.24, 2.45) is 5.73 Å². The zero-order valence-corrected chi connectivity index (χ0v) is 12.3. The van der Waals surface area contributed by atoms with E-state index in [1.807, 2.05) is 19.1 Å². The van der Waals surface area contributed by atoms with Crippen LogP contribution in [0.25, 0.3) is 0 Å². The second kappa shape index (κ2) is 7.26. The number of hydrogen-bond acceptors (Lipinski definition) is 3. The van der Waals surface area contributed by atoms with Crippen LogP contribution in [0.2, 0.25) is 0 Å². The number of para-hydroxylation sites is 1. The highest BCUT2D eigenvalue weighted by molar-refractivity contribution is 5.97.